The molecule has 0 heterocycles. The van der Waals surface area contributed by atoms with Crippen molar-refractivity contribution in [2.24, 2.45) is 0 Å². The number of benzene rings is 3. The van der Waals surface area contributed by atoms with E-state index in [2.05, 4.69) is 10.6 Å². The second kappa shape index (κ2) is 12.4. The highest BCUT2D eigenvalue weighted by molar-refractivity contribution is 5.97. The first-order chi connectivity index (χ1) is 16.5. The lowest BCUT2D eigenvalue weighted by Crippen LogP contribution is -2.48. The smallest absolute Gasteiger partial charge is 0.251 e. The maximum absolute atomic E-state index is 13.3. The second-order valence-corrected chi connectivity index (χ2v) is 8.07. The van der Waals surface area contributed by atoms with Crippen LogP contribution in [0.4, 0.5) is 0 Å². The molecular weight excluding hydrogens is 428 g/mol. The molecule has 0 saturated carbocycles. The third-order valence-corrected chi connectivity index (χ3v) is 5.45. The van der Waals surface area contributed by atoms with Crippen LogP contribution < -0.4 is 20.1 Å². The molecule has 178 valence electrons. The summed E-state index contributed by atoms with van der Waals surface area (Å²) in [5.74, 6) is 0.739. The van der Waals surface area contributed by atoms with Crippen molar-refractivity contribution >= 4 is 11.8 Å². The van der Waals surface area contributed by atoms with Gasteiger partial charge in [0, 0.05) is 12.0 Å². The fourth-order valence-electron chi connectivity index (χ4n) is 3.57. The normalized spacial score (nSPS) is 12.3. The Morgan fingerprint density at radius 2 is 1.56 bits per heavy atom. The summed E-state index contributed by atoms with van der Waals surface area (Å²) < 4.78 is 11.2. The molecule has 2 unspecified atom stereocenters. The highest BCUT2D eigenvalue weighted by Gasteiger charge is 2.24. The molecule has 3 rings (SSSR count). The molecule has 34 heavy (non-hydrogen) atoms. The lowest BCUT2D eigenvalue weighted by molar-refractivity contribution is -0.123. The Balaban J connectivity index is 1.75. The zero-order valence-electron chi connectivity index (χ0n) is 19.9. The van der Waals surface area contributed by atoms with Crippen LogP contribution in [0.2, 0.25) is 0 Å². The molecule has 2 amide bonds. The first kappa shape index (κ1) is 24.8. The van der Waals surface area contributed by atoms with Gasteiger partial charge in [0.25, 0.3) is 5.91 Å². The van der Waals surface area contributed by atoms with Crippen LogP contribution >= 0.6 is 0 Å². The maximum Gasteiger partial charge on any atom is 0.251 e. The van der Waals surface area contributed by atoms with Gasteiger partial charge in [-0.2, -0.15) is 0 Å². The second-order valence-electron chi connectivity index (χ2n) is 8.07. The van der Waals surface area contributed by atoms with Crippen LogP contribution in [-0.2, 0) is 11.2 Å². The van der Waals surface area contributed by atoms with E-state index in [0.29, 0.717) is 30.1 Å². The van der Waals surface area contributed by atoms with Crippen LogP contribution in [0.15, 0.2) is 78.9 Å². The molecule has 0 radical (unpaired) electrons. The highest BCUT2D eigenvalue weighted by Crippen LogP contribution is 2.30. The fourth-order valence-corrected chi connectivity index (χ4v) is 3.57. The molecule has 0 aromatic heterocycles. The van der Waals surface area contributed by atoms with Gasteiger partial charge in [0.15, 0.2) is 11.5 Å². The standard InChI is InChI=1S/C28H32N2O4/c1-4-17-34-25-16-15-23(19-26(25)33-3)20(2)29-28(32)24(18-21-11-7-5-8-12-21)30-27(31)22-13-9-6-10-14-22/h5-16,19-20,24H,4,17-18H2,1-3H3,(H,29,32)(H,30,31). The van der Waals surface area contributed by atoms with E-state index in [1.165, 1.54) is 0 Å². The molecule has 0 fully saturated rings. The summed E-state index contributed by atoms with van der Waals surface area (Å²) in [6.45, 7) is 4.54. The Bertz CT molecular complexity index is 1070. The van der Waals surface area contributed by atoms with E-state index in [1.54, 1.807) is 31.4 Å². The summed E-state index contributed by atoms with van der Waals surface area (Å²) in [6.07, 6.45) is 1.28. The average Bonchev–Trinajstić information content (AvgIpc) is 2.87. The summed E-state index contributed by atoms with van der Waals surface area (Å²) in [6, 6.07) is 23.1. The monoisotopic (exact) mass is 460 g/mol. The number of methoxy groups -OCH3 is 1. The van der Waals surface area contributed by atoms with Gasteiger partial charge in [-0.3, -0.25) is 9.59 Å². The third-order valence-electron chi connectivity index (χ3n) is 5.45. The number of hydrogen-bond donors (Lipinski definition) is 2. The predicted octanol–water partition coefficient (Wildman–Crippen LogP) is 4.70. The van der Waals surface area contributed by atoms with Gasteiger partial charge in [0.1, 0.15) is 6.04 Å². The van der Waals surface area contributed by atoms with Gasteiger partial charge in [-0.1, -0.05) is 61.5 Å². The van der Waals surface area contributed by atoms with Crippen LogP contribution in [0, 0.1) is 0 Å². The molecule has 0 aliphatic heterocycles. The van der Waals surface area contributed by atoms with E-state index in [-0.39, 0.29) is 17.9 Å². The minimum Gasteiger partial charge on any atom is -0.493 e. The summed E-state index contributed by atoms with van der Waals surface area (Å²) in [5, 5.41) is 5.93. The first-order valence-electron chi connectivity index (χ1n) is 11.5. The summed E-state index contributed by atoms with van der Waals surface area (Å²) in [7, 11) is 1.59. The molecule has 6 heteroatoms. The van der Waals surface area contributed by atoms with Crippen LogP contribution in [0.5, 0.6) is 11.5 Å². The fraction of sp³-hybridized carbons (Fsp3) is 0.286. The molecule has 2 atom stereocenters. The molecule has 0 aliphatic rings. The third kappa shape index (κ3) is 6.85. The number of hydrogen-bond acceptors (Lipinski definition) is 4. The number of carbonyl (C=O) groups is 2. The van der Waals surface area contributed by atoms with Gasteiger partial charge in [0.2, 0.25) is 5.91 Å². The van der Waals surface area contributed by atoms with Crippen molar-refractivity contribution in [2.75, 3.05) is 13.7 Å². The van der Waals surface area contributed by atoms with Crippen molar-refractivity contribution in [2.45, 2.75) is 38.8 Å². The summed E-state index contributed by atoms with van der Waals surface area (Å²) >= 11 is 0. The molecule has 3 aromatic carbocycles. The zero-order valence-corrected chi connectivity index (χ0v) is 19.9. The maximum atomic E-state index is 13.3. The van der Waals surface area contributed by atoms with Crippen LogP contribution in [0.25, 0.3) is 0 Å². The number of rotatable bonds is 11. The molecule has 6 nitrogen and oxygen atoms in total. The largest absolute Gasteiger partial charge is 0.493 e. The van der Waals surface area contributed by atoms with Crippen molar-refractivity contribution in [3.8, 4) is 11.5 Å². The van der Waals surface area contributed by atoms with Crippen molar-refractivity contribution in [1.82, 2.24) is 10.6 Å². The van der Waals surface area contributed by atoms with Gasteiger partial charge in [0.05, 0.1) is 19.8 Å². The van der Waals surface area contributed by atoms with E-state index < -0.39 is 6.04 Å². The highest BCUT2D eigenvalue weighted by atomic mass is 16.5. The first-order valence-corrected chi connectivity index (χ1v) is 11.5. The van der Waals surface area contributed by atoms with Crippen molar-refractivity contribution in [1.29, 1.82) is 0 Å². The van der Waals surface area contributed by atoms with E-state index in [1.807, 2.05) is 68.4 Å². The molecule has 0 bridgehead atoms. The molecule has 2 N–H and O–H groups in total. The molecule has 0 spiro atoms. The Labute approximate surface area is 201 Å². The number of ether oxygens (including phenoxy) is 2. The predicted molar refractivity (Wildman–Crippen MR) is 133 cm³/mol. The van der Waals surface area contributed by atoms with E-state index in [9.17, 15) is 9.59 Å². The minimum atomic E-state index is -0.730. The van der Waals surface area contributed by atoms with Crippen LogP contribution in [0.1, 0.15) is 47.8 Å². The Morgan fingerprint density at radius 3 is 2.21 bits per heavy atom. The van der Waals surface area contributed by atoms with E-state index in [4.69, 9.17) is 9.47 Å². The van der Waals surface area contributed by atoms with Crippen LogP contribution in [-0.4, -0.2) is 31.6 Å². The Kier molecular flexibility index (Phi) is 9.09. The topological polar surface area (TPSA) is 76.7 Å². The molecular formula is C28H32N2O4. The zero-order chi connectivity index (χ0) is 24.3. The van der Waals surface area contributed by atoms with Crippen molar-refractivity contribution in [3.05, 3.63) is 95.6 Å². The van der Waals surface area contributed by atoms with Gasteiger partial charge >= 0.3 is 0 Å². The van der Waals surface area contributed by atoms with Gasteiger partial charge < -0.3 is 20.1 Å². The quantitative estimate of drug-likeness (QED) is 0.435. The van der Waals surface area contributed by atoms with E-state index in [0.717, 1.165) is 17.5 Å². The van der Waals surface area contributed by atoms with Crippen LogP contribution in [0.3, 0.4) is 0 Å². The lowest BCUT2D eigenvalue weighted by atomic mass is 10.0. The summed E-state index contributed by atoms with van der Waals surface area (Å²) in [4.78, 5) is 26.1. The lowest BCUT2D eigenvalue weighted by Gasteiger charge is -2.22. The van der Waals surface area contributed by atoms with Crippen molar-refractivity contribution in [3.63, 3.8) is 0 Å². The number of carbonyl (C=O) groups excluding carboxylic acids is 2. The molecule has 0 aliphatic carbocycles. The SMILES string of the molecule is CCCOc1ccc(C(C)NC(=O)C(Cc2ccccc2)NC(=O)c2ccccc2)cc1OC. The van der Waals surface area contributed by atoms with Gasteiger partial charge in [-0.15, -0.1) is 0 Å². The molecule has 3 aromatic rings. The molecule has 0 saturated heterocycles. The summed E-state index contributed by atoms with van der Waals surface area (Å²) in [5.41, 5.74) is 2.35. The Hall–Kier alpha value is -3.80. The minimum absolute atomic E-state index is 0.258. The van der Waals surface area contributed by atoms with Gasteiger partial charge in [-0.05, 0) is 48.7 Å². The number of nitrogens with one attached hydrogen (secondary N) is 2. The van der Waals surface area contributed by atoms with Crippen molar-refractivity contribution < 1.29 is 19.1 Å². The van der Waals surface area contributed by atoms with E-state index >= 15 is 0 Å². The Morgan fingerprint density at radius 1 is 0.882 bits per heavy atom. The van der Waals surface area contributed by atoms with Gasteiger partial charge in [-0.25, -0.2) is 0 Å². The number of amides is 2. The average molecular weight is 461 g/mol.